The molecule has 4 aromatic rings. The predicted octanol–water partition coefficient (Wildman–Crippen LogP) is 6.01. The standard InChI is InChI=1S/C29H29N3O4S2/c1-2-36-28(35)25-21-14-7-4-8-16-23(21)38-26(25)31-24(33)17-18-37-29-30-22-15-10-9-13-20(22)27(34)32(29)19-11-5-3-6-12-19/h3,5-6,9-13,15H,2,4,7-8,14,16-18H2,1H3,(H,31,33). The van der Waals surface area contributed by atoms with Gasteiger partial charge in [0.25, 0.3) is 5.56 Å². The van der Waals surface area contributed by atoms with Gasteiger partial charge in [0.15, 0.2) is 5.16 Å². The van der Waals surface area contributed by atoms with E-state index in [1.807, 2.05) is 48.5 Å². The van der Waals surface area contributed by atoms with E-state index in [1.165, 1.54) is 28.0 Å². The Morgan fingerprint density at radius 3 is 2.63 bits per heavy atom. The van der Waals surface area contributed by atoms with Crippen LogP contribution >= 0.6 is 23.1 Å². The number of carbonyl (C=O) groups is 2. The maximum absolute atomic E-state index is 13.4. The van der Waals surface area contributed by atoms with Crippen LogP contribution in [0.25, 0.3) is 16.6 Å². The third-order valence-electron chi connectivity index (χ3n) is 6.47. The second kappa shape index (κ2) is 12.0. The van der Waals surface area contributed by atoms with Crippen LogP contribution in [0.3, 0.4) is 0 Å². The Labute approximate surface area is 229 Å². The van der Waals surface area contributed by atoms with Crippen molar-refractivity contribution in [3.05, 3.63) is 81.0 Å². The van der Waals surface area contributed by atoms with Crippen molar-refractivity contribution in [3.8, 4) is 5.69 Å². The molecule has 0 saturated heterocycles. The number of para-hydroxylation sites is 2. The largest absolute Gasteiger partial charge is 0.462 e. The van der Waals surface area contributed by atoms with Crippen molar-refractivity contribution in [2.45, 2.75) is 50.6 Å². The van der Waals surface area contributed by atoms with Crippen molar-refractivity contribution < 1.29 is 14.3 Å². The molecule has 2 aromatic carbocycles. The number of benzene rings is 2. The van der Waals surface area contributed by atoms with Gasteiger partial charge in [-0.2, -0.15) is 0 Å². The lowest BCUT2D eigenvalue weighted by Crippen LogP contribution is -2.22. The van der Waals surface area contributed by atoms with Gasteiger partial charge in [-0.3, -0.25) is 14.2 Å². The summed E-state index contributed by atoms with van der Waals surface area (Å²) in [4.78, 5) is 45.0. The number of amides is 1. The quantitative estimate of drug-likeness (QED) is 0.126. The van der Waals surface area contributed by atoms with Gasteiger partial charge in [-0.15, -0.1) is 11.3 Å². The maximum Gasteiger partial charge on any atom is 0.341 e. The highest BCUT2D eigenvalue weighted by atomic mass is 32.2. The van der Waals surface area contributed by atoms with Crippen molar-refractivity contribution in [2.75, 3.05) is 17.7 Å². The van der Waals surface area contributed by atoms with Crippen LogP contribution in [0.4, 0.5) is 5.00 Å². The van der Waals surface area contributed by atoms with Crippen LogP contribution in [0, 0.1) is 0 Å². The molecule has 2 aromatic heterocycles. The molecule has 0 spiro atoms. The second-order valence-electron chi connectivity index (χ2n) is 9.02. The monoisotopic (exact) mass is 547 g/mol. The number of anilines is 1. The normalized spacial score (nSPS) is 13.1. The first-order valence-corrected chi connectivity index (χ1v) is 14.7. The first kappa shape index (κ1) is 26.2. The number of ether oxygens (including phenoxy) is 1. The number of nitrogens with zero attached hydrogens (tertiary/aromatic N) is 2. The molecule has 1 aliphatic carbocycles. The topological polar surface area (TPSA) is 90.3 Å². The molecule has 0 radical (unpaired) electrons. The molecule has 1 N–H and O–H groups in total. The van der Waals surface area contributed by atoms with E-state index in [4.69, 9.17) is 9.72 Å². The van der Waals surface area contributed by atoms with Gasteiger partial charge in [-0.05, 0) is 62.4 Å². The molecule has 1 aliphatic rings. The second-order valence-corrected chi connectivity index (χ2v) is 11.2. The molecule has 196 valence electrons. The number of fused-ring (bicyclic) bond motifs is 2. The number of hydrogen-bond acceptors (Lipinski definition) is 7. The van der Waals surface area contributed by atoms with Crippen LogP contribution in [0.5, 0.6) is 0 Å². The van der Waals surface area contributed by atoms with E-state index in [0.29, 0.717) is 32.4 Å². The molecular formula is C29H29N3O4S2. The number of hydrogen-bond donors (Lipinski definition) is 1. The van der Waals surface area contributed by atoms with E-state index in [9.17, 15) is 14.4 Å². The molecule has 0 atom stereocenters. The lowest BCUT2D eigenvalue weighted by atomic mass is 10.1. The number of aryl methyl sites for hydroxylation is 1. The predicted molar refractivity (Wildman–Crippen MR) is 153 cm³/mol. The van der Waals surface area contributed by atoms with Crippen molar-refractivity contribution in [1.82, 2.24) is 9.55 Å². The third-order valence-corrected chi connectivity index (χ3v) is 8.62. The van der Waals surface area contributed by atoms with E-state index in [2.05, 4.69) is 5.32 Å². The van der Waals surface area contributed by atoms with Gasteiger partial charge in [0, 0.05) is 17.1 Å². The van der Waals surface area contributed by atoms with E-state index < -0.39 is 0 Å². The fraction of sp³-hybridized carbons (Fsp3) is 0.310. The first-order valence-electron chi connectivity index (χ1n) is 12.9. The number of thioether (sulfide) groups is 1. The average Bonchev–Trinajstić information content (AvgIpc) is 3.09. The SMILES string of the molecule is CCOC(=O)c1c(NC(=O)CCSc2nc3ccccc3c(=O)n2-c2ccccc2)sc2c1CCCCC2. The number of carbonyl (C=O) groups excluding carboxylic acids is 2. The summed E-state index contributed by atoms with van der Waals surface area (Å²) in [6, 6.07) is 16.7. The Morgan fingerprint density at radius 2 is 1.82 bits per heavy atom. The zero-order chi connectivity index (χ0) is 26.5. The van der Waals surface area contributed by atoms with Crippen LogP contribution in [0.2, 0.25) is 0 Å². The van der Waals surface area contributed by atoms with E-state index in [-0.39, 0.29) is 30.5 Å². The van der Waals surface area contributed by atoms with E-state index >= 15 is 0 Å². The first-order chi connectivity index (χ1) is 18.6. The number of rotatable bonds is 8. The molecule has 0 bridgehead atoms. The Kier molecular flexibility index (Phi) is 8.24. The molecule has 0 fully saturated rings. The van der Waals surface area contributed by atoms with Gasteiger partial charge in [-0.1, -0.05) is 48.5 Å². The van der Waals surface area contributed by atoms with E-state index in [1.54, 1.807) is 17.6 Å². The van der Waals surface area contributed by atoms with Gasteiger partial charge in [0.1, 0.15) is 5.00 Å². The number of aromatic nitrogens is 2. The Hall–Kier alpha value is -3.43. The van der Waals surface area contributed by atoms with E-state index in [0.717, 1.165) is 43.4 Å². The Morgan fingerprint density at radius 1 is 1.05 bits per heavy atom. The lowest BCUT2D eigenvalue weighted by Gasteiger charge is -2.13. The van der Waals surface area contributed by atoms with Crippen molar-refractivity contribution in [3.63, 3.8) is 0 Å². The minimum Gasteiger partial charge on any atom is -0.462 e. The summed E-state index contributed by atoms with van der Waals surface area (Å²) in [5.41, 5.74) is 2.75. The van der Waals surface area contributed by atoms with Gasteiger partial charge in [-0.25, -0.2) is 9.78 Å². The molecule has 9 heteroatoms. The fourth-order valence-corrected chi connectivity index (χ4v) is 6.93. The fourth-order valence-electron chi connectivity index (χ4n) is 4.69. The number of nitrogens with one attached hydrogen (secondary N) is 1. The van der Waals surface area contributed by atoms with Crippen LogP contribution in [-0.4, -0.2) is 33.8 Å². The Bertz CT molecular complexity index is 1530. The molecule has 7 nitrogen and oxygen atoms in total. The highest BCUT2D eigenvalue weighted by Crippen LogP contribution is 2.38. The van der Waals surface area contributed by atoms with Gasteiger partial charge in [0.05, 0.1) is 28.8 Å². The zero-order valence-corrected chi connectivity index (χ0v) is 22.8. The van der Waals surface area contributed by atoms with Crippen molar-refractivity contribution in [2.24, 2.45) is 0 Å². The number of thiophene rings is 1. The average molecular weight is 548 g/mol. The van der Waals surface area contributed by atoms with Crippen LogP contribution in [-0.2, 0) is 22.4 Å². The van der Waals surface area contributed by atoms with Crippen molar-refractivity contribution in [1.29, 1.82) is 0 Å². The minimum absolute atomic E-state index is 0.145. The highest BCUT2D eigenvalue weighted by molar-refractivity contribution is 7.99. The molecule has 2 heterocycles. The zero-order valence-electron chi connectivity index (χ0n) is 21.2. The summed E-state index contributed by atoms with van der Waals surface area (Å²) in [7, 11) is 0. The molecule has 38 heavy (non-hydrogen) atoms. The molecule has 1 amide bonds. The summed E-state index contributed by atoms with van der Waals surface area (Å²) < 4.78 is 6.92. The molecular weight excluding hydrogens is 518 g/mol. The summed E-state index contributed by atoms with van der Waals surface area (Å²) in [5.74, 6) is -0.138. The molecule has 0 aliphatic heterocycles. The third kappa shape index (κ3) is 5.54. The molecule has 0 saturated carbocycles. The molecule has 0 unspecified atom stereocenters. The minimum atomic E-state index is -0.371. The smallest absolute Gasteiger partial charge is 0.341 e. The summed E-state index contributed by atoms with van der Waals surface area (Å²) in [6.07, 6.45) is 5.20. The molecule has 5 rings (SSSR count). The van der Waals surface area contributed by atoms with Gasteiger partial charge < -0.3 is 10.1 Å². The number of esters is 1. The summed E-state index contributed by atoms with van der Waals surface area (Å²) in [5, 5.41) is 4.63. The van der Waals surface area contributed by atoms with Crippen molar-refractivity contribution >= 4 is 50.9 Å². The summed E-state index contributed by atoms with van der Waals surface area (Å²) >= 11 is 2.85. The van der Waals surface area contributed by atoms with Crippen LogP contribution in [0.1, 0.15) is 53.4 Å². The van der Waals surface area contributed by atoms with Crippen LogP contribution in [0.15, 0.2) is 64.5 Å². The summed E-state index contributed by atoms with van der Waals surface area (Å²) in [6.45, 7) is 2.07. The maximum atomic E-state index is 13.4. The lowest BCUT2D eigenvalue weighted by molar-refractivity contribution is -0.115. The van der Waals surface area contributed by atoms with Crippen LogP contribution < -0.4 is 10.9 Å². The van der Waals surface area contributed by atoms with Gasteiger partial charge in [0.2, 0.25) is 5.91 Å². The Balaban J connectivity index is 1.35. The van der Waals surface area contributed by atoms with Gasteiger partial charge >= 0.3 is 5.97 Å². The highest BCUT2D eigenvalue weighted by Gasteiger charge is 2.26.